The molecule has 2 N–H and O–H groups in total. The third-order valence-electron chi connectivity index (χ3n) is 2.01. The number of nitrogens with one attached hydrogen (secondary N) is 2. The van der Waals surface area contributed by atoms with Gasteiger partial charge >= 0.3 is 0 Å². The number of benzene rings is 1. The van der Waals surface area contributed by atoms with E-state index in [1.54, 1.807) is 19.1 Å². The van der Waals surface area contributed by atoms with Gasteiger partial charge in [0.1, 0.15) is 5.84 Å². The Hall–Kier alpha value is -1.41. The highest BCUT2D eigenvalue weighted by molar-refractivity contribution is 7.92. The molecule has 92 valence electrons. The van der Waals surface area contributed by atoms with Gasteiger partial charge in [0.05, 0.1) is 16.8 Å². The van der Waals surface area contributed by atoms with Crippen LogP contribution >= 0.6 is 0 Å². The molecule has 0 fully saturated rings. The third kappa shape index (κ3) is 2.83. The van der Waals surface area contributed by atoms with E-state index >= 15 is 0 Å². The van der Waals surface area contributed by atoms with E-state index in [9.17, 15) is 12.6 Å². The summed E-state index contributed by atoms with van der Waals surface area (Å²) in [4.78, 5) is 0.462. The van der Waals surface area contributed by atoms with E-state index in [-0.39, 0.29) is 0 Å². The standard InChI is InChI=1S/C9H11N3O3S2/c1-6-10-8-4-3-7(12-17(2,14)15)5-9(8)16(13)11-6/h3-5,12H,1-2H3,(H,10,11). The predicted octanol–water partition coefficient (Wildman–Crippen LogP) is 0.925. The fourth-order valence-corrected chi connectivity index (χ4v) is 2.92. The number of amidine groups is 1. The highest BCUT2D eigenvalue weighted by atomic mass is 32.2. The van der Waals surface area contributed by atoms with Crippen molar-refractivity contribution in [2.45, 2.75) is 11.8 Å². The molecule has 0 spiro atoms. The summed E-state index contributed by atoms with van der Waals surface area (Å²) in [5.41, 5.74) is 1.05. The number of fused-ring (bicyclic) bond motifs is 1. The Morgan fingerprint density at radius 1 is 1.41 bits per heavy atom. The van der Waals surface area contributed by atoms with Crippen molar-refractivity contribution in [2.75, 3.05) is 16.3 Å². The normalized spacial score (nSPS) is 18.9. The summed E-state index contributed by atoms with van der Waals surface area (Å²) in [5, 5.41) is 2.96. The van der Waals surface area contributed by atoms with Crippen LogP contribution in [0.2, 0.25) is 0 Å². The Balaban J connectivity index is 2.41. The van der Waals surface area contributed by atoms with Crippen LogP contribution in [0.25, 0.3) is 0 Å². The lowest BCUT2D eigenvalue weighted by atomic mass is 10.3. The summed E-state index contributed by atoms with van der Waals surface area (Å²) in [6.45, 7) is 1.71. The summed E-state index contributed by atoms with van der Waals surface area (Å²) in [6, 6.07) is 4.77. The second-order valence-electron chi connectivity index (χ2n) is 3.64. The van der Waals surface area contributed by atoms with Crippen LogP contribution in [0.5, 0.6) is 0 Å². The summed E-state index contributed by atoms with van der Waals surface area (Å²) in [7, 11) is -4.83. The maximum Gasteiger partial charge on any atom is 0.229 e. The molecule has 1 aliphatic rings. The lowest BCUT2D eigenvalue weighted by molar-refractivity contribution is 0.606. The van der Waals surface area contributed by atoms with Gasteiger partial charge in [-0.2, -0.15) is 4.40 Å². The number of sulfonamides is 1. The van der Waals surface area contributed by atoms with Crippen LogP contribution in [0, 0.1) is 0 Å². The van der Waals surface area contributed by atoms with E-state index in [4.69, 9.17) is 0 Å². The Morgan fingerprint density at radius 3 is 2.76 bits per heavy atom. The Bertz CT molecular complexity index is 622. The SMILES string of the molecule is CC1=NS(=O)c2cc(NS(C)(=O)=O)ccc2N1. The van der Waals surface area contributed by atoms with E-state index in [1.165, 1.54) is 6.07 Å². The monoisotopic (exact) mass is 273 g/mol. The summed E-state index contributed by atoms with van der Waals surface area (Å²) in [6.07, 6.45) is 1.06. The van der Waals surface area contributed by atoms with Crippen molar-refractivity contribution in [2.24, 2.45) is 4.40 Å². The van der Waals surface area contributed by atoms with Crippen LogP contribution in [0.3, 0.4) is 0 Å². The molecular weight excluding hydrogens is 262 g/mol. The molecule has 0 saturated carbocycles. The van der Waals surface area contributed by atoms with E-state index in [1.807, 2.05) is 0 Å². The lowest BCUT2D eigenvalue weighted by Gasteiger charge is -2.16. The smallest absolute Gasteiger partial charge is 0.229 e. The van der Waals surface area contributed by atoms with Crippen LogP contribution in [-0.2, 0) is 21.0 Å². The molecule has 0 saturated heterocycles. The molecule has 0 bridgehead atoms. The first-order chi connectivity index (χ1) is 7.85. The van der Waals surface area contributed by atoms with Crippen LogP contribution < -0.4 is 10.0 Å². The first-order valence-corrected chi connectivity index (χ1v) is 7.71. The van der Waals surface area contributed by atoms with Gasteiger partial charge in [0, 0.05) is 5.69 Å². The first-order valence-electron chi connectivity index (χ1n) is 4.71. The van der Waals surface area contributed by atoms with Crippen molar-refractivity contribution < 1.29 is 12.6 Å². The van der Waals surface area contributed by atoms with Gasteiger partial charge < -0.3 is 5.32 Å². The number of nitrogens with zero attached hydrogens (tertiary/aromatic N) is 1. The van der Waals surface area contributed by atoms with E-state index in [0.29, 0.717) is 22.1 Å². The van der Waals surface area contributed by atoms with Crippen molar-refractivity contribution in [3.8, 4) is 0 Å². The molecule has 6 nitrogen and oxygen atoms in total. The van der Waals surface area contributed by atoms with E-state index in [2.05, 4.69) is 14.4 Å². The third-order valence-corrected chi connectivity index (χ3v) is 3.77. The molecule has 1 heterocycles. The number of hydrogen-bond donors (Lipinski definition) is 2. The second kappa shape index (κ2) is 4.11. The molecule has 1 aromatic carbocycles. The molecule has 1 aliphatic heterocycles. The first kappa shape index (κ1) is 12.1. The number of hydrogen-bond acceptors (Lipinski definition) is 4. The van der Waals surface area contributed by atoms with Crippen LogP contribution in [-0.4, -0.2) is 24.7 Å². The number of anilines is 2. The summed E-state index contributed by atoms with van der Waals surface area (Å²) in [5.74, 6) is 0.569. The van der Waals surface area contributed by atoms with Gasteiger partial charge in [0.15, 0.2) is 11.0 Å². The maximum absolute atomic E-state index is 11.7. The minimum atomic E-state index is -3.34. The summed E-state index contributed by atoms with van der Waals surface area (Å²) < 4.78 is 40.1. The zero-order valence-corrected chi connectivity index (χ0v) is 10.9. The molecule has 17 heavy (non-hydrogen) atoms. The molecular formula is C9H11N3O3S2. The van der Waals surface area contributed by atoms with Crippen molar-refractivity contribution in [3.05, 3.63) is 18.2 Å². The summed E-state index contributed by atoms with van der Waals surface area (Å²) >= 11 is 0. The van der Waals surface area contributed by atoms with E-state index < -0.39 is 21.0 Å². The van der Waals surface area contributed by atoms with Gasteiger partial charge in [-0.1, -0.05) is 0 Å². The molecule has 0 amide bonds. The van der Waals surface area contributed by atoms with Gasteiger partial charge in [-0.25, -0.2) is 12.6 Å². The molecule has 0 radical (unpaired) electrons. The minimum Gasteiger partial charge on any atom is -0.342 e. The Kier molecular flexibility index (Phi) is 2.92. The Morgan fingerprint density at radius 2 is 2.12 bits per heavy atom. The van der Waals surface area contributed by atoms with Gasteiger partial charge in [0.25, 0.3) is 0 Å². The average molecular weight is 273 g/mol. The molecule has 8 heteroatoms. The predicted molar refractivity (Wildman–Crippen MR) is 68.0 cm³/mol. The second-order valence-corrected chi connectivity index (χ2v) is 6.51. The van der Waals surface area contributed by atoms with Gasteiger partial charge in [-0.3, -0.25) is 4.72 Å². The van der Waals surface area contributed by atoms with Crippen LogP contribution in [0.15, 0.2) is 27.5 Å². The molecule has 2 rings (SSSR count). The molecule has 0 aliphatic carbocycles. The fraction of sp³-hybridized carbons (Fsp3) is 0.222. The molecule has 0 aromatic heterocycles. The van der Waals surface area contributed by atoms with E-state index in [0.717, 1.165) is 6.26 Å². The maximum atomic E-state index is 11.7. The fourth-order valence-electron chi connectivity index (χ4n) is 1.44. The van der Waals surface area contributed by atoms with Gasteiger partial charge in [0.2, 0.25) is 10.0 Å². The molecule has 1 aromatic rings. The van der Waals surface area contributed by atoms with Crippen molar-refractivity contribution in [3.63, 3.8) is 0 Å². The highest BCUT2D eigenvalue weighted by Gasteiger charge is 2.16. The average Bonchev–Trinajstić information content (AvgIpc) is 2.16. The molecule has 1 atom stereocenters. The zero-order valence-electron chi connectivity index (χ0n) is 9.22. The minimum absolute atomic E-state index is 0.371. The molecule has 1 unspecified atom stereocenters. The van der Waals surface area contributed by atoms with Gasteiger partial charge in [-0.15, -0.1) is 0 Å². The quantitative estimate of drug-likeness (QED) is 0.839. The lowest BCUT2D eigenvalue weighted by Crippen LogP contribution is -2.16. The Labute approximate surface area is 102 Å². The van der Waals surface area contributed by atoms with Crippen LogP contribution in [0.4, 0.5) is 11.4 Å². The highest BCUT2D eigenvalue weighted by Crippen LogP contribution is 2.27. The largest absolute Gasteiger partial charge is 0.342 e. The van der Waals surface area contributed by atoms with Crippen LogP contribution in [0.1, 0.15) is 6.92 Å². The zero-order chi connectivity index (χ0) is 12.6. The van der Waals surface area contributed by atoms with Crippen molar-refractivity contribution in [1.29, 1.82) is 0 Å². The van der Waals surface area contributed by atoms with Crippen molar-refractivity contribution in [1.82, 2.24) is 0 Å². The van der Waals surface area contributed by atoms with Gasteiger partial charge in [-0.05, 0) is 25.1 Å². The van der Waals surface area contributed by atoms with Crippen molar-refractivity contribution >= 4 is 38.2 Å². The topological polar surface area (TPSA) is 87.6 Å². The number of rotatable bonds is 2.